The van der Waals surface area contributed by atoms with Gasteiger partial charge in [-0.3, -0.25) is 0 Å². The molecule has 0 N–H and O–H groups in total. The van der Waals surface area contributed by atoms with Crippen LogP contribution in [0.2, 0.25) is 0 Å². The van der Waals surface area contributed by atoms with Crippen LogP contribution in [0.3, 0.4) is 0 Å². The maximum absolute atomic E-state index is 14.1. The lowest BCUT2D eigenvalue weighted by atomic mass is 9.93. The van der Waals surface area contributed by atoms with Gasteiger partial charge in [0.1, 0.15) is 5.82 Å². The summed E-state index contributed by atoms with van der Waals surface area (Å²) in [6, 6.07) is 13.3. The Labute approximate surface area is 102 Å². The van der Waals surface area contributed by atoms with Crippen LogP contribution in [0.25, 0.3) is 11.1 Å². The second-order valence-corrected chi connectivity index (χ2v) is 4.71. The Morgan fingerprint density at radius 3 is 2.24 bits per heavy atom. The molecule has 0 nitrogen and oxygen atoms in total. The summed E-state index contributed by atoms with van der Waals surface area (Å²) in [5.74, 6) is 0.222. The summed E-state index contributed by atoms with van der Waals surface area (Å²) in [4.78, 5) is 0. The fraction of sp³-hybridized carbons (Fsp3) is 0.250. The quantitative estimate of drug-likeness (QED) is 0.684. The lowest BCUT2D eigenvalue weighted by Crippen LogP contribution is -1.95. The van der Waals surface area contributed by atoms with Gasteiger partial charge in [0.25, 0.3) is 0 Å². The summed E-state index contributed by atoms with van der Waals surface area (Å²) >= 11 is 0. The zero-order valence-corrected chi connectivity index (χ0v) is 10.5. The van der Waals surface area contributed by atoms with Crippen LogP contribution >= 0.6 is 0 Å². The normalized spacial score (nSPS) is 10.9. The first kappa shape index (κ1) is 11.8. The van der Waals surface area contributed by atoms with Crippen LogP contribution < -0.4 is 0 Å². The fourth-order valence-corrected chi connectivity index (χ4v) is 2.16. The van der Waals surface area contributed by atoms with E-state index in [9.17, 15) is 4.39 Å². The molecule has 0 aliphatic carbocycles. The Hall–Kier alpha value is -1.63. The molecular weight excluding hydrogens is 211 g/mol. The molecule has 0 spiro atoms. The molecule has 2 aromatic rings. The minimum Gasteiger partial charge on any atom is -0.206 e. The summed E-state index contributed by atoms with van der Waals surface area (Å²) in [5, 5.41) is 0. The molecule has 0 bridgehead atoms. The molecule has 1 heteroatoms. The van der Waals surface area contributed by atoms with Crippen molar-refractivity contribution in [2.75, 3.05) is 0 Å². The molecule has 0 aliphatic rings. The van der Waals surface area contributed by atoms with Crippen molar-refractivity contribution in [3.05, 3.63) is 59.4 Å². The molecule has 0 heterocycles. The van der Waals surface area contributed by atoms with Gasteiger partial charge in [0.15, 0.2) is 0 Å². The van der Waals surface area contributed by atoms with Crippen LogP contribution in [-0.2, 0) is 0 Å². The summed E-state index contributed by atoms with van der Waals surface area (Å²) in [6.45, 7) is 6.22. The molecule has 0 radical (unpaired) electrons. The Morgan fingerprint density at radius 2 is 1.65 bits per heavy atom. The number of halogens is 1. The number of hydrogen-bond acceptors (Lipinski definition) is 0. The van der Waals surface area contributed by atoms with Gasteiger partial charge in [-0.15, -0.1) is 0 Å². The first-order chi connectivity index (χ1) is 8.09. The summed E-state index contributed by atoms with van der Waals surface area (Å²) in [6.07, 6.45) is 0. The Balaban J connectivity index is 2.55. The standard InChI is InChI=1S/C16H17F/c1-11(2)14-10-16(17)15(9-12(14)3)13-7-5-4-6-8-13/h4-11H,1-3H3. The molecule has 0 amide bonds. The van der Waals surface area contributed by atoms with E-state index in [1.165, 1.54) is 0 Å². The highest BCUT2D eigenvalue weighted by molar-refractivity contribution is 5.65. The zero-order valence-electron chi connectivity index (χ0n) is 10.5. The second kappa shape index (κ2) is 4.70. The summed E-state index contributed by atoms with van der Waals surface area (Å²) in [7, 11) is 0. The van der Waals surface area contributed by atoms with Gasteiger partial charge >= 0.3 is 0 Å². The fourth-order valence-electron chi connectivity index (χ4n) is 2.16. The number of aryl methyl sites for hydroxylation is 1. The highest BCUT2D eigenvalue weighted by Crippen LogP contribution is 2.28. The largest absolute Gasteiger partial charge is 0.206 e. The van der Waals surface area contributed by atoms with Gasteiger partial charge in [0.05, 0.1) is 0 Å². The van der Waals surface area contributed by atoms with Crippen LogP contribution in [0.15, 0.2) is 42.5 Å². The lowest BCUT2D eigenvalue weighted by molar-refractivity contribution is 0.626. The molecule has 17 heavy (non-hydrogen) atoms. The van der Waals surface area contributed by atoms with E-state index in [-0.39, 0.29) is 5.82 Å². The third kappa shape index (κ3) is 2.38. The van der Waals surface area contributed by atoms with Crippen LogP contribution in [0.1, 0.15) is 30.9 Å². The molecule has 0 saturated carbocycles. The molecule has 0 aromatic heterocycles. The lowest BCUT2D eigenvalue weighted by Gasteiger charge is -2.13. The van der Waals surface area contributed by atoms with E-state index in [2.05, 4.69) is 13.8 Å². The summed E-state index contributed by atoms with van der Waals surface area (Å²) in [5.41, 5.74) is 3.86. The molecule has 0 aliphatic heterocycles. The van der Waals surface area contributed by atoms with Crippen molar-refractivity contribution in [2.24, 2.45) is 0 Å². The van der Waals surface area contributed by atoms with Crippen molar-refractivity contribution in [1.29, 1.82) is 0 Å². The van der Waals surface area contributed by atoms with E-state index in [0.29, 0.717) is 11.5 Å². The van der Waals surface area contributed by atoms with Gasteiger partial charge in [-0.2, -0.15) is 0 Å². The third-order valence-electron chi connectivity index (χ3n) is 3.06. The molecule has 0 fully saturated rings. The van der Waals surface area contributed by atoms with E-state index in [0.717, 1.165) is 16.7 Å². The van der Waals surface area contributed by atoms with Crippen molar-refractivity contribution >= 4 is 0 Å². The highest BCUT2D eigenvalue weighted by atomic mass is 19.1. The highest BCUT2D eigenvalue weighted by Gasteiger charge is 2.10. The van der Waals surface area contributed by atoms with Crippen molar-refractivity contribution in [3.8, 4) is 11.1 Å². The maximum atomic E-state index is 14.1. The van der Waals surface area contributed by atoms with E-state index < -0.39 is 0 Å². The van der Waals surface area contributed by atoms with Crippen molar-refractivity contribution in [3.63, 3.8) is 0 Å². The van der Waals surface area contributed by atoms with Crippen molar-refractivity contribution in [1.82, 2.24) is 0 Å². The van der Waals surface area contributed by atoms with Gasteiger partial charge in [-0.1, -0.05) is 44.2 Å². The Morgan fingerprint density at radius 1 is 1.00 bits per heavy atom. The van der Waals surface area contributed by atoms with Gasteiger partial charge in [-0.25, -0.2) is 4.39 Å². The minimum atomic E-state index is -0.134. The first-order valence-corrected chi connectivity index (χ1v) is 5.95. The van der Waals surface area contributed by atoms with Crippen molar-refractivity contribution in [2.45, 2.75) is 26.7 Å². The third-order valence-corrected chi connectivity index (χ3v) is 3.06. The van der Waals surface area contributed by atoms with Crippen LogP contribution in [-0.4, -0.2) is 0 Å². The van der Waals surface area contributed by atoms with Gasteiger partial charge < -0.3 is 0 Å². The Kier molecular flexibility index (Phi) is 3.28. The second-order valence-electron chi connectivity index (χ2n) is 4.71. The minimum absolute atomic E-state index is 0.134. The predicted octanol–water partition coefficient (Wildman–Crippen LogP) is 4.92. The number of hydrogen-bond donors (Lipinski definition) is 0. The molecule has 2 rings (SSSR count). The van der Waals surface area contributed by atoms with Crippen LogP contribution in [0.4, 0.5) is 4.39 Å². The van der Waals surface area contributed by atoms with E-state index in [4.69, 9.17) is 0 Å². The Bertz CT molecular complexity index is 513. The van der Waals surface area contributed by atoms with E-state index in [1.54, 1.807) is 6.07 Å². The van der Waals surface area contributed by atoms with E-state index >= 15 is 0 Å². The zero-order chi connectivity index (χ0) is 12.4. The first-order valence-electron chi connectivity index (χ1n) is 5.95. The molecule has 2 aromatic carbocycles. The van der Waals surface area contributed by atoms with Crippen molar-refractivity contribution < 1.29 is 4.39 Å². The predicted molar refractivity (Wildman–Crippen MR) is 70.7 cm³/mol. The number of benzene rings is 2. The number of rotatable bonds is 2. The molecule has 88 valence electrons. The SMILES string of the molecule is Cc1cc(-c2ccccc2)c(F)cc1C(C)C. The molecule has 0 atom stereocenters. The van der Waals surface area contributed by atoms with Crippen LogP contribution in [0, 0.1) is 12.7 Å². The molecule has 0 saturated heterocycles. The van der Waals surface area contributed by atoms with Crippen LogP contribution in [0.5, 0.6) is 0 Å². The van der Waals surface area contributed by atoms with Gasteiger partial charge in [-0.05, 0) is 41.7 Å². The molecule has 0 unspecified atom stereocenters. The average Bonchev–Trinajstić information content (AvgIpc) is 2.32. The average molecular weight is 228 g/mol. The van der Waals surface area contributed by atoms with E-state index in [1.807, 2.05) is 43.3 Å². The monoisotopic (exact) mass is 228 g/mol. The molecular formula is C16H17F. The summed E-state index contributed by atoms with van der Waals surface area (Å²) < 4.78 is 14.1. The van der Waals surface area contributed by atoms with Gasteiger partial charge in [0, 0.05) is 5.56 Å². The van der Waals surface area contributed by atoms with Gasteiger partial charge in [0.2, 0.25) is 0 Å². The smallest absolute Gasteiger partial charge is 0.131 e. The topological polar surface area (TPSA) is 0 Å². The maximum Gasteiger partial charge on any atom is 0.131 e.